The Labute approximate surface area is 291 Å². The summed E-state index contributed by atoms with van der Waals surface area (Å²) >= 11 is 0. The quantitative estimate of drug-likeness (QED) is 0.225. The van der Waals surface area contributed by atoms with Gasteiger partial charge in [0.2, 0.25) is 6.67 Å². The molecule has 261 valence electrons. The zero-order valence-corrected chi connectivity index (χ0v) is 27.8. The van der Waals surface area contributed by atoms with E-state index >= 15 is 0 Å². The monoisotopic (exact) mass is 693 g/mol. The van der Waals surface area contributed by atoms with Crippen molar-refractivity contribution < 1.29 is 13.7 Å². The third-order valence-corrected chi connectivity index (χ3v) is 10.0. The number of amides is 1. The summed E-state index contributed by atoms with van der Waals surface area (Å²) < 4.78 is 30.7. The molecule has 8 rings (SSSR count). The Kier molecular flexibility index (Phi) is 8.88. The molecule has 0 bridgehead atoms. The number of benzene rings is 2. The van der Waals surface area contributed by atoms with Crippen LogP contribution in [-0.2, 0) is 11.3 Å². The first-order valence-electron chi connectivity index (χ1n) is 17.2. The fourth-order valence-electron chi connectivity index (χ4n) is 7.36. The molecule has 0 atom stereocenters. The van der Waals surface area contributed by atoms with Gasteiger partial charge < -0.3 is 10.6 Å². The third kappa shape index (κ3) is 6.65. The van der Waals surface area contributed by atoms with Crippen LogP contribution < -0.4 is 26.8 Å². The highest BCUT2D eigenvalue weighted by Crippen LogP contribution is 2.29. The molecule has 3 aliphatic heterocycles. The summed E-state index contributed by atoms with van der Waals surface area (Å²) in [5, 5.41) is 6.88. The number of aromatic nitrogens is 3. The summed E-state index contributed by atoms with van der Waals surface area (Å²) in [5.41, 5.74) is 2.70. The lowest BCUT2D eigenvalue weighted by atomic mass is 9.90. The second-order valence-electron chi connectivity index (χ2n) is 13.4. The summed E-state index contributed by atoms with van der Waals surface area (Å²) in [6, 6.07) is 16.3. The third-order valence-electron chi connectivity index (χ3n) is 10.0. The van der Waals surface area contributed by atoms with Crippen LogP contribution in [0.4, 0.5) is 8.87 Å². The molecule has 0 spiro atoms. The fraction of sp³-hybridized carbons (Fsp3) is 0.324. The van der Waals surface area contributed by atoms with Crippen molar-refractivity contribution in [3.05, 3.63) is 117 Å². The van der Waals surface area contributed by atoms with Gasteiger partial charge in [-0.15, -0.1) is 0 Å². The highest BCUT2D eigenvalue weighted by atomic mass is 19.2. The zero-order chi connectivity index (χ0) is 35.1. The molecule has 51 heavy (non-hydrogen) atoms. The number of carbonyl (C=O) groups excluding carboxylic acids is 1. The summed E-state index contributed by atoms with van der Waals surface area (Å²) in [5.74, 6) is -0.562. The van der Waals surface area contributed by atoms with Gasteiger partial charge in [0.15, 0.2) is 17.5 Å². The Bertz CT molecular complexity index is 2200. The number of piperazine rings is 1. The van der Waals surface area contributed by atoms with Gasteiger partial charge in [-0.1, -0.05) is 45.8 Å². The van der Waals surface area contributed by atoms with E-state index in [9.17, 15) is 23.3 Å². The average Bonchev–Trinajstić information content (AvgIpc) is 3.57. The van der Waals surface area contributed by atoms with E-state index in [1.165, 1.54) is 33.2 Å². The summed E-state index contributed by atoms with van der Waals surface area (Å²) in [7, 11) is 0. The minimum absolute atomic E-state index is 0.0114. The Morgan fingerprint density at radius 1 is 1.00 bits per heavy atom. The van der Waals surface area contributed by atoms with Crippen LogP contribution in [0.15, 0.2) is 99.5 Å². The summed E-state index contributed by atoms with van der Waals surface area (Å²) in [6.07, 6.45) is 7.15. The van der Waals surface area contributed by atoms with E-state index < -0.39 is 23.1 Å². The minimum Gasteiger partial charge on any atom is -0.348 e. The first-order chi connectivity index (χ1) is 24.8. The van der Waals surface area contributed by atoms with Crippen LogP contribution in [0.1, 0.15) is 37.3 Å². The van der Waals surface area contributed by atoms with Gasteiger partial charge in [0.25, 0.3) is 17.3 Å². The van der Waals surface area contributed by atoms with Crippen LogP contribution in [0, 0.1) is 5.82 Å². The van der Waals surface area contributed by atoms with Gasteiger partial charge in [0.05, 0.1) is 17.3 Å². The molecular formula is C37H37F2N9O3+. The van der Waals surface area contributed by atoms with Crippen molar-refractivity contribution in [2.24, 2.45) is 4.99 Å². The van der Waals surface area contributed by atoms with Crippen molar-refractivity contribution in [3.8, 4) is 16.8 Å². The second-order valence-corrected chi connectivity index (χ2v) is 13.4. The molecular weight excluding hydrogens is 656 g/mol. The first-order valence-corrected chi connectivity index (χ1v) is 17.2. The number of rotatable bonds is 7. The standard InChI is InChI=1S/C37H37F2N9O3/c38-27-19-31-34(41-20-27)47(30-3-1-2-26(18-30)25-6-4-24(5-7-25)21-44-16-13-40-14-17-44)37(51)48(36(31)50)29-10-8-28(9-11-29)42-35(49)32-22-45-23-46(39)15-12-33(45)43-32/h1-7,12,15,18-20,22,28-29,40H,8-11,13-14,16-17,21,23H2,(H,42,49)/q+1. The van der Waals surface area contributed by atoms with Gasteiger partial charge in [-0.25, -0.2) is 18.7 Å². The number of carbonyl (C=O) groups is 1. The number of fused-ring (bicyclic) bond motifs is 2. The van der Waals surface area contributed by atoms with Crippen LogP contribution in [-0.4, -0.2) is 74.8 Å². The normalized spacial score (nSPS) is 21.0. The number of amidine groups is 1. The molecule has 4 aliphatic rings. The Morgan fingerprint density at radius 3 is 2.57 bits per heavy atom. The number of nitrogens with zero attached hydrogens (tertiary/aromatic N) is 7. The Hall–Kier alpha value is -5.31. The topological polar surface area (TPSA) is 123 Å². The average molecular weight is 694 g/mol. The summed E-state index contributed by atoms with van der Waals surface area (Å²) in [4.78, 5) is 53.6. The highest BCUT2D eigenvalue weighted by Gasteiger charge is 2.36. The van der Waals surface area contributed by atoms with Crippen molar-refractivity contribution in [1.82, 2.24) is 39.7 Å². The van der Waals surface area contributed by atoms with Crippen LogP contribution in [0.2, 0.25) is 0 Å². The van der Waals surface area contributed by atoms with Crippen LogP contribution >= 0.6 is 0 Å². The molecule has 1 saturated heterocycles. The van der Waals surface area contributed by atoms with E-state index in [2.05, 4.69) is 49.8 Å². The molecule has 5 heterocycles. The van der Waals surface area contributed by atoms with E-state index in [-0.39, 0.29) is 35.3 Å². The molecule has 0 unspecified atom stereocenters. The lowest BCUT2D eigenvalue weighted by molar-refractivity contribution is -0.118. The van der Waals surface area contributed by atoms with E-state index in [4.69, 9.17) is 0 Å². The number of nitrogens with one attached hydrogen (secondary N) is 2. The van der Waals surface area contributed by atoms with Crippen LogP contribution in [0.25, 0.3) is 27.8 Å². The van der Waals surface area contributed by atoms with E-state index in [1.807, 2.05) is 18.2 Å². The van der Waals surface area contributed by atoms with Gasteiger partial charge in [0.1, 0.15) is 5.82 Å². The van der Waals surface area contributed by atoms with Gasteiger partial charge in [-0.2, -0.15) is 10.1 Å². The zero-order valence-electron chi connectivity index (χ0n) is 27.8. The molecule has 14 heteroatoms. The predicted octanol–water partition coefficient (Wildman–Crippen LogP) is 3.42. The molecule has 2 aromatic carbocycles. The SMILES string of the molecule is O=C(NC1CCC(n2c(=O)c3cc(F)cnc3n(-c3cccc(-c4ccc(CN5CCNCC5)cc4)c3)c2=O)CC1)C1=C[N+]2CN(F)C=CC2=N1. The molecule has 1 saturated carbocycles. The molecule has 2 fully saturated rings. The lowest BCUT2D eigenvalue weighted by Crippen LogP contribution is -2.45. The number of hydrogen-bond donors (Lipinski definition) is 2. The van der Waals surface area contributed by atoms with Gasteiger partial charge >= 0.3 is 5.69 Å². The molecule has 1 amide bonds. The first kappa shape index (κ1) is 32.9. The van der Waals surface area contributed by atoms with Gasteiger partial charge in [-0.3, -0.25) is 19.1 Å². The highest BCUT2D eigenvalue weighted by molar-refractivity contribution is 6.05. The Morgan fingerprint density at radius 2 is 1.78 bits per heavy atom. The van der Waals surface area contributed by atoms with Crippen molar-refractivity contribution in [3.63, 3.8) is 0 Å². The minimum atomic E-state index is -0.673. The van der Waals surface area contributed by atoms with Crippen LogP contribution in [0.5, 0.6) is 0 Å². The number of halogens is 2. The molecule has 4 aromatic rings. The lowest BCUT2D eigenvalue weighted by Gasteiger charge is -2.30. The van der Waals surface area contributed by atoms with Crippen molar-refractivity contribution in [1.29, 1.82) is 0 Å². The largest absolute Gasteiger partial charge is 0.348 e. The number of hydrogen-bond acceptors (Lipinski definition) is 9. The van der Waals surface area contributed by atoms with E-state index in [0.717, 1.165) is 56.1 Å². The maximum absolute atomic E-state index is 14.5. The second kappa shape index (κ2) is 13.8. The smallest absolute Gasteiger partial charge is 0.337 e. The summed E-state index contributed by atoms with van der Waals surface area (Å²) in [6.45, 7) is 4.83. The maximum atomic E-state index is 14.5. The maximum Gasteiger partial charge on any atom is 0.337 e. The molecule has 2 N–H and O–H groups in total. The number of pyridine rings is 1. The molecule has 1 aliphatic carbocycles. The fourth-order valence-corrected chi connectivity index (χ4v) is 7.36. The number of aliphatic imine (C=N–C) groups is 1. The van der Waals surface area contributed by atoms with Gasteiger partial charge in [0, 0.05) is 57.1 Å². The molecule has 12 nitrogen and oxygen atoms in total. The Balaban J connectivity index is 1.04. The predicted molar refractivity (Wildman–Crippen MR) is 189 cm³/mol. The van der Waals surface area contributed by atoms with Gasteiger partial charge in [-0.05, 0) is 60.6 Å². The van der Waals surface area contributed by atoms with Crippen molar-refractivity contribution in [2.75, 3.05) is 32.8 Å². The molecule has 1 radical (unpaired) electrons. The van der Waals surface area contributed by atoms with Crippen molar-refractivity contribution in [2.45, 2.75) is 44.3 Å². The van der Waals surface area contributed by atoms with Crippen LogP contribution in [0.3, 0.4) is 0 Å². The van der Waals surface area contributed by atoms with E-state index in [1.54, 1.807) is 11.0 Å². The van der Waals surface area contributed by atoms with E-state index in [0.29, 0.717) is 42.3 Å². The molecule has 2 aromatic heterocycles. The van der Waals surface area contributed by atoms with Crippen molar-refractivity contribution >= 4 is 22.8 Å².